The third kappa shape index (κ3) is 6.28. The topological polar surface area (TPSA) is 76.9 Å². The largest absolute Gasteiger partial charge is 0.466 e. The molecular formula is C23H32N4O3. The zero-order chi connectivity index (χ0) is 21.3. The molecule has 2 heterocycles. The molecule has 0 saturated carbocycles. The molecule has 2 aliphatic rings. The van der Waals surface area contributed by atoms with Gasteiger partial charge in [0.1, 0.15) is 0 Å². The Bertz CT molecular complexity index is 759. The first-order valence-electron chi connectivity index (χ1n) is 11.0. The quantitative estimate of drug-likeness (QED) is 0.664. The molecule has 2 aliphatic heterocycles. The van der Waals surface area contributed by atoms with Gasteiger partial charge in [-0.3, -0.25) is 19.4 Å². The summed E-state index contributed by atoms with van der Waals surface area (Å²) in [6.07, 6.45) is 2.68. The van der Waals surface area contributed by atoms with Crippen LogP contribution in [0.3, 0.4) is 0 Å². The maximum atomic E-state index is 12.8. The van der Waals surface area contributed by atoms with Gasteiger partial charge in [-0.15, -0.1) is 0 Å². The molecule has 1 amide bonds. The van der Waals surface area contributed by atoms with E-state index >= 15 is 0 Å². The Kier molecular flexibility index (Phi) is 8.23. The predicted molar refractivity (Wildman–Crippen MR) is 113 cm³/mol. The van der Waals surface area contributed by atoms with E-state index in [1.54, 1.807) is 0 Å². The molecule has 3 rings (SSSR count). The van der Waals surface area contributed by atoms with Gasteiger partial charge in [0.05, 0.1) is 30.7 Å². The number of esters is 1. The minimum Gasteiger partial charge on any atom is -0.466 e. The number of amides is 1. The average molecular weight is 413 g/mol. The molecule has 7 heteroatoms. The van der Waals surface area contributed by atoms with Crippen molar-refractivity contribution in [1.82, 2.24) is 14.7 Å². The average Bonchev–Trinajstić information content (AvgIpc) is 2.99. The van der Waals surface area contributed by atoms with E-state index in [0.29, 0.717) is 25.3 Å². The van der Waals surface area contributed by atoms with E-state index in [9.17, 15) is 9.59 Å². The molecule has 0 N–H and O–H groups in total. The SMILES string of the molecule is CCOC(=O)C1CCCN(C(=O)CN2CCCN(Cc3ccc(C#N)cc3)CC2)C1. The lowest BCUT2D eigenvalue weighted by atomic mass is 9.98. The van der Waals surface area contributed by atoms with Crippen LogP contribution in [0.15, 0.2) is 24.3 Å². The van der Waals surface area contributed by atoms with E-state index in [4.69, 9.17) is 10.00 Å². The van der Waals surface area contributed by atoms with Gasteiger partial charge in [0.15, 0.2) is 0 Å². The summed E-state index contributed by atoms with van der Waals surface area (Å²) >= 11 is 0. The van der Waals surface area contributed by atoms with Crippen LogP contribution in [0.25, 0.3) is 0 Å². The lowest BCUT2D eigenvalue weighted by molar-refractivity contribution is -0.151. The van der Waals surface area contributed by atoms with Crippen molar-refractivity contribution in [3.63, 3.8) is 0 Å². The zero-order valence-electron chi connectivity index (χ0n) is 17.9. The molecule has 0 bridgehead atoms. The second-order valence-electron chi connectivity index (χ2n) is 8.15. The molecule has 0 spiro atoms. The third-order valence-electron chi connectivity index (χ3n) is 5.92. The summed E-state index contributed by atoms with van der Waals surface area (Å²) in [6, 6.07) is 9.90. The fourth-order valence-electron chi connectivity index (χ4n) is 4.23. The Morgan fingerprint density at radius 3 is 2.53 bits per heavy atom. The predicted octanol–water partition coefficient (Wildman–Crippen LogP) is 1.87. The maximum Gasteiger partial charge on any atom is 0.310 e. The highest BCUT2D eigenvalue weighted by atomic mass is 16.5. The number of hydrogen-bond donors (Lipinski definition) is 0. The van der Waals surface area contributed by atoms with Gasteiger partial charge < -0.3 is 9.64 Å². The normalized spacial score (nSPS) is 20.9. The number of hydrogen-bond acceptors (Lipinski definition) is 6. The molecule has 2 saturated heterocycles. The fourth-order valence-corrected chi connectivity index (χ4v) is 4.23. The Morgan fingerprint density at radius 2 is 1.80 bits per heavy atom. The molecule has 1 aromatic carbocycles. The van der Waals surface area contributed by atoms with Crippen LogP contribution in [0, 0.1) is 17.2 Å². The zero-order valence-corrected chi connectivity index (χ0v) is 17.9. The fraction of sp³-hybridized carbons (Fsp3) is 0.609. The highest BCUT2D eigenvalue weighted by Crippen LogP contribution is 2.18. The number of carbonyl (C=O) groups excluding carboxylic acids is 2. The molecule has 2 fully saturated rings. The standard InChI is InChI=1S/C23H32N4O3/c1-2-30-23(29)21-5-3-12-27(17-21)22(28)18-26-11-4-10-25(13-14-26)16-20-8-6-19(15-24)7-9-20/h6-9,21H,2-5,10-14,16-18H2,1H3. The van der Waals surface area contributed by atoms with Crippen LogP contribution >= 0.6 is 0 Å². The Labute approximate surface area is 179 Å². The van der Waals surface area contributed by atoms with Gasteiger partial charge in [-0.05, 0) is 57.0 Å². The van der Waals surface area contributed by atoms with E-state index in [1.165, 1.54) is 5.56 Å². The van der Waals surface area contributed by atoms with E-state index in [-0.39, 0.29) is 17.8 Å². The van der Waals surface area contributed by atoms with Crippen molar-refractivity contribution in [2.75, 3.05) is 52.4 Å². The van der Waals surface area contributed by atoms with Gasteiger partial charge in [0.25, 0.3) is 0 Å². The Balaban J connectivity index is 1.46. The number of piperidine rings is 1. The van der Waals surface area contributed by atoms with Crippen molar-refractivity contribution in [3.8, 4) is 6.07 Å². The number of nitriles is 1. The third-order valence-corrected chi connectivity index (χ3v) is 5.92. The first-order chi connectivity index (χ1) is 14.6. The molecule has 0 aliphatic carbocycles. The van der Waals surface area contributed by atoms with Crippen LogP contribution in [-0.2, 0) is 20.9 Å². The van der Waals surface area contributed by atoms with Gasteiger partial charge in [-0.25, -0.2) is 0 Å². The monoisotopic (exact) mass is 412 g/mol. The number of nitrogens with zero attached hydrogens (tertiary/aromatic N) is 4. The van der Waals surface area contributed by atoms with Crippen molar-refractivity contribution in [1.29, 1.82) is 5.26 Å². The van der Waals surface area contributed by atoms with Gasteiger partial charge in [0.2, 0.25) is 5.91 Å². The smallest absolute Gasteiger partial charge is 0.310 e. The second kappa shape index (κ2) is 11.1. The number of ether oxygens (including phenoxy) is 1. The summed E-state index contributed by atoms with van der Waals surface area (Å²) < 4.78 is 5.14. The second-order valence-corrected chi connectivity index (χ2v) is 8.15. The first kappa shape index (κ1) is 22.3. The van der Waals surface area contributed by atoms with Crippen LogP contribution in [-0.4, -0.2) is 79.0 Å². The van der Waals surface area contributed by atoms with E-state index in [1.807, 2.05) is 36.1 Å². The molecule has 1 aromatic rings. The molecule has 1 atom stereocenters. The lowest BCUT2D eigenvalue weighted by Gasteiger charge is -2.33. The van der Waals surface area contributed by atoms with Gasteiger partial charge >= 0.3 is 5.97 Å². The number of benzene rings is 1. The highest BCUT2D eigenvalue weighted by molar-refractivity contribution is 5.80. The highest BCUT2D eigenvalue weighted by Gasteiger charge is 2.30. The van der Waals surface area contributed by atoms with Crippen molar-refractivity contribution >= 4 is 11.9 Å². The maximum absolute atomic E-state index is 12.8. The van der Waals surface area contributed by atoms with Crippen LogP contribution in [0.5, 0.6) is 0 Å². The molecule has 1 unspecified atom stereocenters. The first-order valence-corrected chi connectivity index (χ1v) is 11.0. The van der Waals surface area contributed by atoms with Crippen LogP contribution in [0.4, 0.5) is 0 Å². The number of rotatable bonds is 6. The summed E-state index contributed by atoms with van der Waals surface area (Å²) in [7, 11) is 0. The van der Waals surface area contributed by atoms with E-state index in [2.05, 4.69) is 15.9 Å². The summed E-state index contributed by atoms with van der Waals surface area (Å²) in [5.41, 5.74) is 1.89. The van der Waals surface area contributed by atoms with Gasteiger partial charge in [-0.1, -0.05) is 12.1 Å². The van der Waals surface area contributed by atoms with E-state index < -0.39 is 0 Å². The number of carbonyl (C=O) groups is 2. The summed E-state index contributed by atoms with van der Waals surface area (Å²) in [4.78, 5) is 31.3. The van der Waals surface area contributed by atoms with Crippen LogP contribution < -0.4 is 0 Å². The van der Waals surface area contributed by atoms with Gasteiger partial charge in [-0.2, -0.15) is 5.26 Å². The lowest BCUT2D eigenvalue weighted by Crippen LogP contribution is -2.47. The molecule has 7 nitrogen and oxygen atoms in total. The minimum atomic E-state index is -0.185. The molecule has 0 radical (unpaired) electrons. The van der Waals surface area contributed by atoms with E-state index in [0.717, 1.165) is 58.5 Å². The molecule has 162 valence electrons. The van der Waals surface area contributed by atoms with Crippen LogP contribution in [0.2, 0.25) is 0 Å². The molecule has 30 heavy (non-hydrogen) atoms. The molecular weight excluding hydrogens is 380 g/mol. The van der Waals surface area contributed by atoms with Crippen molar-refractivity contribution in [3.05, 3.63) is 35.4 Å². The summed E-state index contributed by atoms with van der Waals surface area (Å²) in [6.45, 7) is 8.37. The van der Waals surface area contributed by atoms with Crippen molar-refractivity contribution < 1.29 is 14.3 Å². The van der Waals surface area contributed by atoms with Crippen LogP contribution in [0.1, 0.15) is 37.3 Å². The minimum absolute atomic E-state index is 0.115. The van der Waals surface area contributed by atoms with Gasteiger partial charge in [0, 0.05) is 32.7 Å². The number of likely N-dealkylation sites (tertiary alicyclic amines) is 1. The molecule has 0 aromatic heterocycles. The Hall–Kier alpha value is -2.43. The Morgan fingerprint density at radius 1 is 1.07 bits per heavy atom. The van der Waals surface area contributed by atoms with Crippen molar-refractivity contribution in [2.45, 2.75) is 32.7 Å². The summed E-state index contributed by atoms with van der Waals surface area (Å²) in [5, 5.41) is 8.93. The summed E-state index contributed by atoms with van der Waals surface area (Å²) in [5.74, 6) is -0.248. The van der Waals surface area contributed by atoms with Crippen molar-refractivity contribution in [2.24, 2.45) is 5.92 Å².